The number of hydrogen-bond donors (Lipinski definition) is 1. The number of hydrogen-bond acceptors (Lipinski definition) is 5. The molecule has 0 unspecified atom stereocenters. The number of benzene rings is 2. The molecule has 0 saturated carbocycles. The second kappa shape index (κ2) is 6.98. The van der Waals surface area contributed by atoms with Crippen molar-refractivity contribution >= 4 is 34.1 Å². The molecule has 0 aliphatic carbocycles. The summed E-state index contributed by atoms with van der Waals surface area (Å²) >= 11 is 6.09. The number of anilines is 2. The van der Waals surface area contributed by atoms with E-state index in [0.717, 1.165) is 22.4 Å². The second-order valence-electron chi connectivity index (χ2n) is 5.64. The summed E-state index contributed by atoms with van der Waals surface area (Å²) in [5.41, 5.74) is 2.31. The molecule has 0 aliphatic heterocycles. The van der Waals surface area contributed by atoms with Gasteiger partial charge in [-0.05, 0) is 42.5 Å². The van der Waals surface area contributed by atoms with E-state index in [2.05, 4.69) is 15.3 Å². The molecule has 1 N–H and O–H groups in total. The van der Waals surface area contributed by atoms with Crippen LogP contribution in [0, 0.1) is 0 Å². The van der Waals surface area contributed by atoms with Crippen molar-refractivity contribution in [2.24, 2.45) is 0 Å². The molecule has 26 heavy (non-hydrogen) atoms. The predicted molar refractivity (Wildman–Crippen MR) is 104 cm³/mol. The van der Waals surface area contributed by atoms with Gasteiger partial charge in [-0.15, -0.1) is 0 Å². The van der Waals surface area contributed by atoms with Crippen LogP contribution in [0.4, 0.5) is 11.5 Å². The van der Waals surface area contributed by atoms with Crippen LogP contribution < -0.4 is 10.1 Å². The van der Waals surface area contributed by atoms with Gasteiger partial charge in [-0.2, -0.15) is 0 Å². The highest BCUT2D eigenvalue weighted by Gasteiger charge is 2.11. The fourth-order valence-corrected chi connectivity index (χ4v) is 2.84. The zero-order chi connectivity index (χ0) is 17.9. The molecule has 2 heterocycles. The van der Waals surface area contributed by atoms with Crippen LogP contribution in [-0.4, -0.2) is 22.1 Å². The fraction of sp³-hybridized carbons (Fsp3) is 0.0500. The number of halogens is 1. The van der Waals surface area contributed by atoms with E-state index < -0.39 is 0 Å². The minimum atomic E-state index is 0.569. The summed E-state index contributed by atoms with van der Waals surface area (Å²) < 4.78 is 5.30. The number of nitrogens with one attached hydrogen (secondary N) is 1. The second-order valence-corrected chi connectivity index (χ2v) is 6.07. The Hall–Kier alpha value is -3.18. The average molecular weight is 363 g/mol. The van der Waals surface area contributed by atoms with Gasteiger partial charge in [0.15, 0.2) is 11.5 Å². The molecule has 6 heteroatoms. The van der Waals surface area contributed by atoms with E-state index in [1.807, 2.05) is 60.7 Å². The molecular formula is C20H15ClN4O. The molecule has 0 spiro atoms. The van der Waals surface area contributed by atoms with E-state index >= 15 is 0 Å². The van der Waals surface area contributed by atoms with Crippen LogP contribution in [0.25, 0.3) is 22.4 Å². The van der Waals surface area contributed by atoms with Gasteiger partial charge in [0.25, 0.3) is 0 Å². The molecule has 0 amide bonds. The van der Waals surface area contributed by atoms with Crippen LogP contribution in [0.5, 0.6) is 5.75 Å². The van der Waals surface area contributed by atoms with Crippen LogP contribution in [0.15, 0.2) is 66.9 Å². The lowest BCUT2D eigenvalue weighted by atomic mass is 10.2. The maximum atomic E-state index is 6.09. The Bertz CT molecular complexity index is 1080. The molecule has 0 atom stereocenters. The first kappa shape index (κ1) is 16.3. The Kier molecular flexibility index (Phi) is 4.37. The average Bonchev–Trinajstić information content (AvgIpc) is 2.68. The molecule has 0 radical (unpaired) electrons. The van der Waals surface area contributed by atoms with Crippen molar-refractivity contribution in [1.82, 2.24) is 15.0 Å². The Morgan fingerprint density at radius 1 is 0.962 bits per heavy atom. The smallest absolute Gasteiger partial charge is 0.165 e. The van der Waals surface area contributed by atoms with Crippen molar-refractivity contribution in [3.63, 3.8) is 0 Å². The van der Waals surface area contributed by atoms with E-state index in [-0.39, 0.29) is 0 Å². The van der Waals surface area contributed by atoms with E-state index in [1.165, 1.54) is 0 Å². The zero-order valence-corrected chi connectivity index (χ0v) is 14.7. The minimum absolute atomic E-state index is 0.569. The number of methoxy groups -OCH3 is 1. The molecule has 0 bridgehead atoms. The van der Waals surface area contributed by atoms with Crippen molar-refractivity contribution in [3.05, 3.63) is 71.9 Å². The minimum Gasteiger partial charge on any atom is -0.497 e. The summed E-state index contributed by atoms with van der Waals surface area (Å²) in [6, 6.07) is 18.9. The first-order valence-corrected chi connectivity index (χ1v) is 8.40. The van der Waals surface area contributed by atoms with Gasteiger partial charge in [-0.1, -0.05) is 29.8 Å². The summed E-state index contributed by atoms with van der Waals surface area (Å²) in [5, 5.41) is 4.80. The monoisotopic (exact) mass is 362 g/mol. The number of rotatable bonds is 4. The third-order valence-electron chi connectivity index (χ3n) is 3.89. The maximum Gasteiger partial charge on any atom is 0.165 e. The molecular weight excluding hydrogens is 348 g/mol. The fourth-order valence-electron chi connectivity index (χ4n) is 2.65. The Balaban J connectivity index is 1.85. The van der Waals surface area contributed by atoms with Gasteiger partial charge in [0.1, 0.15) is 11.6 Å². The highest BCUT2D eigenvalue weighted by atomic mass is 35.5. The van der Waals surface area contributed by atoms with E-state index in [9.17, 15) is 0 Å². The zero-order valence-electron chi connectivity index (χ0n) is 14.0. The predicted octanol–water partition coefficient (Wildman–Crippen LogP) is 5.10. The Morgan fingerprint density at radius 2 is 1.85 bits per heavy atom. The van der Waals surface area contributed by atoms with E-state index in [1.54, 1.807) is 13.3 Å². The number of pyridine rings is 1. The standard InChI is InChI=1S/C20H15ClN4O/c1-26-16-8-2-5-13(11-16)18-24-19-17(9-4-10-22-19)20(25-18)23-15-7-3-6-14(21)12-15/h2-12H,1H3,(H,22,23,24,25). The third-order valence-corrected chi connectivity index (χ3v) is 4.12. The van der Waals surface area contributed by atoms with Crippen molar-refractivity contribution in [2.45, 2.75) is 0 Å². The number of aromatic nitrogens is 3. The topological polar surface area (TPSA) is 59.9 Å². The lowest BCUT2D eigenvalue weighted by Crippen LogP contribution is -2.00. The summed E-state index contributed by atoms with van der Waals surface area (Å²) in [4.78, 5) is 13.7. The maximum absolute atomic E-state index is 6.09. The Labute approximate surface area is 155 Å². The highest BCUT2D eigenvalue weighted by molar-refractivity contribution is 6.30. The molecule has 0 saturated heterocycles. The lowest BCUT2D eigenvalue weighted by Gasteiger charge is -2.11. The molecule has 0 aliphatic rings. The third kappa shape index (κ3) is 3.30. The largest absolute Gasteiger partial charge is 0.497 e. The van der Waals surface area contributed by atoms with Crippen molar-refractivity contribution in [2.75, 3.05) is 12.4 Å². The number of fused-ring (bicyclic) bond motifs is 1. The first-order valence-electron chi connectivity index (χ1n) is 8.03. The molecule has 5 nitrogen and oxygen atoms in total. The van der Waals surface area contributed by atoms with Gasteiger partial charge in [-0.3, -0.25) is 0 Å². The van der Waals surface area contributed by atoms with Crippen LogP contribution >= 0.6 is 11.6 Å². The van der Waals surface area contributed by atoms with E-state index in [4.69, 9.17) is 21.3 Å². The van der Waals surface area contributed by atoms with E-state index in [0.29, 0.717) is 22.3 Å². The summed E-state index contributed by atoms with van der Waals surface area (Å²) in [5.74, 6) is 1.99. The first-order chi connectivity index (χ1) is 12.7. The van der Waals surface area contributed by atoms with Gasteiger partial charge in [-0.25, -0.2) is 15.0 Å². The molecule has 4 aromatic rings. The van der Waals surface area contributed by atoms with Crippen molar-refractivity contribution in [1.29, 1.82) is 0 Å². The van der Waals surface area contributed by atoms with Gasteiger partial charge < -0.3 is 10.1 Å². The summed E-state index contributed by atoms with van der Waals surface area (Å²) in [7, 11) is 1.63. The molecule has 128 valence electrons. The Morgan fingerprint density at radius 3 is 2.69 bits per heavy atom. The molecule has 2 aromatic carbocycles. The molecule has 2 aromatic heterocycles. The van der Waals surface area contributed by atoms with Gasteiger partial charge >= 0.3 is 0 Å². The van der Waals surface area contributed by atoms with Crippen LogP contribution in [0.3, 0.4) is 0 Å². The van der Waals surface area contributed by atoms with Crippen LogP contribution in [0.1, 0.15) is 0 Å². The quantitative estimate of drug-likeness (QED) is 0.547. The SMILES string of the molecule is COc1cccc(-c2nc(Nc3cccc(Cl)c3)c3cccnc3n2)c1. The normalized spacial score (nSPS) is 10.7. The summed E-state index contributed by atoms with van der Waals surface area (Å²) in [6.07, 6.45) is 1.72. The van der Waals surface area contributed by atoms with Crippen LogP contribution in [0.2, 0.25) is 5.02 Å². The van der Waals surface area contributed by atoms with Crippen molar-refractivity contribution in [3.8, 4) is 17.1 Å². The molecule has 0 fully saturated rings. The lowest BCUT2D eigenvalue weighted by molar-refractivity contribution is 0.415. The highest BCUT2D eigenvalue weighted by Crippen LogP contribution is 2.28. The van der Waals surface area contributed by atoms with Gasteiger partial charge in [0.2, 0.25) is 0 Å². The van der Waals surface area contributed by atoms with Gasteiger partial charge in [0, 0.05) is 22.5 Å². The van der Waals surface area contributed by atoms with Crippen LogP contribution in [-0.2, 0) is 0 Å². The molecule has 4 rings (SSSR count). The van der Waals surface area contributed by atoms with Gasteiger partial charge in [0.05, 0.1) is 12.5 Å². The summed E-state index contributed by atoms with van der Waals surface area (Å²) in [6.45, 7) is 0. The number of nitrogens with zero attached hydrogens (tertiary/aromatic N) is 3. The van der Waals surface area contributed by atoms with Crippen molar-refractivity contribution < 1.29 is 4.74 Å². The number of ether oxygens (including phenoxy) is 1.